The minimum Gasteiger partial charge on any atom is -0.595 e. The highest BCUT2D eigenvalue weighted by molar-refractivity contribution is 5.80. The number of hydrogen-bond donors (Lipinski definition) is 4. The average Bonchev–Trinajstić information content (AvgIpc) is 2.41. The second kappa shape index (κ2) is 7.77. The smallest absolute Gasteiger partial charge is 0.408 e. The first-order chi connectivity index (χ1) is 10.6. The van der Waals surface area contributed by atoms with Crippen molar-refractivity contribution in [1.29, 1.82) is 0 Å². The quantitative estimate of drug-likeness (QED) is 0.557. The Bertz CT molecular complexity index is 554. The van der Waals surface area contributed by atoms with E-state index in [1.807, 2.05) is 0 Å². The molecule has 0 fully saturated rings. The molecule has 0 aromatic heterocycles. The van der Waals surface area contributed by atoms with Crippen LogP contribution < -0.4 is 15.3 Å². The molecule has 2 atom stereocenters. The molecule has 4 N–H and O–H groups in total. The molecule has 1 aromatic carbocycles. The predicted molar refractivity (Wildman–Crippen MR) is 78.5 cm³/mol. The van der Waals surface area contributed by atoms with Crippen LogP contribution in [0.1, 0.15) is 20.8 Å². The van der Waals surface area contributed by atoms with Crippen LogP contribution in [0.2, 0.25) is 0 Å². The summed E-state index contributed by atoms with van der Waals surface area (Å²) in [6.07, 6.45) is -0.903. The summed E-state index contributed by atoms with van der Waals surface area (Å²) in [7, 11) is 0. The maximum absolute atomic E-state index is 11.6. The number of benzene rings is 1. The summed E-state index contributed by atoms with van der Waals surface area (Å²) < 4.78 is 10.2. The molecular formula is C14H20N2O7. The van der Waals surface area contributed by atoms with Crippen molar-refractivity contribution in [2.24, 2.45) is 0 Å². The van der Waals surface area contributed by atoms with Crippen molar-refractivity contribution in [3.05, 3.63) is 29.5 Å². The van der Waals surface area contributed by atoms with Gasteiger partial charge in [-0.1, -0.05) is 12.1 Å². The Balaban J connectivity index is 2.71. The molecule has 0 saturated carbocycles. The average molecular weight is 328 g/mol. The number of carbonyl (C=O) groups excluding carboxylic acids is 1. The molecule has 128 valence electrons. The van der Waals surface area contributed by atoms with Crippen LogP contribution in [0.3, 0.4) is 0 Å². The maximum atomic E-state index is 11.6. The largest absolute Gasteiger partial charge is 0.595 e. The minimum atomic E-state index is -1.38. The lowest BCUT2D eigenvalue weighted by molar-refractivity contribution is -0.991. The molecule has 0 spiro atoms. The van der Waals surface area contributed by atoms with Crippen LogP contribution in [0.4, 0.5) is 10.5 Å². The molecule has 0 heterocycles. The summed E-state index contributed by atoms with van der Waals surface area (Å²) in [5, 5.41) is 30.1. The number of carboxylic acid groups (broad SMARTS) is 1. The molecule has 9 heteroatoms. The van der Waals surface area contributed by atoms with Crippen molar-refractivity contribution < 1.29 is 34.6 Å². The normalized spacial score (nSPS) is 13.8. The maximum Gasteiger partial charge on any atom is 0.408 e. The third-order valence-corrected chi connectivity index (χ3v) is 2.51. The highest BCUT2D eigenvalue weighted by Gasteiger charge is 2.25. The molecule has 0 aliphatic heterocycles. The van der Waals surface area contributed by atoms with Gasteiger partial charge in [0.2, 0.25) is 5.69 Å². The number of amides is 1. The van der Waals surface area contributed by atoms with Gasteiger partial charge in [-0.15, -0.1) is 0 Å². The number of alkyl carbamates (subject to hydrolysis) is 1. The third-order valence-electron chi connectivity index (χ3n) is 2.51. The zero-order valence-corrected chi connectivity index (χ0v) is 13.0. The van der Waals surface area contributed by atoms with E-state index in [0.29, 0.717) is 0 Å². The van der Waals surface area contributed by atoms with Gasteiger partial charge in [-0.05, 0) is 26.8 Å². The Morgan fingerprint density at radius 3 is 2.48 bits per heavy atom. The van der Waals surface area contributed by atoms with Gasteiger partial charge >= 0.3 is 12.1 Å². The van der Waals surface area contributed by atoms with Gasteiger partial charge in [0.15, 0.2) is 11.8 Å². The van der Waals surface area contributed by atoms with Crippen LogP contribution >= 0.6 is 0 Å². The Kier molecular flexibility index (Phi) is 6.31. The van der Waals surface area contributed by atoms with Crippen molar-refractivity contribution in [1.82, 2.24) is 5.32 Å². The Morgan fingerprint density at radius 2 is 1.96 bits per heavy atom. The standard InChI is InChI=1S/C14H20N2O7/c1-14(2,3)23-13(19)15-9(12(17)18)8-22-11-7-5-4-6-10(11)16(20)21/h4-7,9,16,20H,8H2,1-3H3,(H,15,19)(H,17,18)/t9-/m0/s1. The first kappa shape index (κ1) is 18.7. The lowest BCUT2D eigenvalue weighted by atomic mass is 10.2. The Labute approximate surface area is 133 Å². The molecule has 9 nitrogen and oxygen atoms in total. The van der Waals surface area contributed by atoms with Gasteiger partial charge in [-0.3, -0.25) is 0 Å². The van der Waals surface area contributed by atoms with E-state index in [1.54, 1.807) is 26.8 Å². The Hall–Kier alpha value is -2.36. The van der Waals surface area contributed by atoms with Crippen LogP contribution in [0.15, 0.2) is 24.3 Å². The summed E-state index contributed by atoms with van der Waals surface area (Å²) >= 11 is 0. The van der Waals surface area contributed by atoms with Crippen LogP contribution in [0.25, 0.3) is 0 Å². The summed E-state index contributed by atoms with van der Waals surface area (Å²) in [5.41, 5.74) is -0.877. The number of para-hydroxylation sites is 2. The minimum absolute atomic E-state index is 0.0113. The monoisotopic (exact) mass is 328 g/mol. The molecule has 0 aliphatic rings. The van der Waals surface area contributed by atoms with Gasteiger partial charge in [0.25, 0.3) is 0 Å². The molecule has 1 amide bonds. The zero-order chi connectivity index (χ0) is 17.6. The fourth-order valence-electron chi connectivity index (χ4n) is 1.57. The van der Waals surface area contributed by atoms with E-state index >= 15 is 0 Å². The molecule has 0 aliphatic carbocycles. The number of carbonyl (C=O) groups is 2. The zero-order valence-electron chi connectivity index (χ0n) is 13.0. The van der Waals surface area contributed by atoms with Crippen LogP contribution in [-0.4, -0.2) is 40.6 Å². The molecule has 0 bridgehead atoms. The fourth-order valence-corrected chi connectivity index (χ4v) is 1.57. The predicted octanol–water partition coefficient (Wildman–Crippen LogP) is 0.447. The summed E-state index contributed by atoms with van der Waals surface area (Å²) in [4.78, 5) is 22.8. The van der Waals surface area contributed by atoms with E-state index in [9.17, 15) is 14.8 Å². The van der Waals surface area contributed by atoms with Gasteiger partial charge in [0.05, 0.1) is 0 Å². The van der Waals surface area contributed by atoms with Gasteiger partial charge in [-0.25, -0.2) is 14.8 Å². The summed E-state index contributed by atoms with van der Waals surface area (Å²) in [6.45, 7) is 4.48. The van der Waals surface area contributed by atoms with Crippen molar-refractivity contribution in [3.63, 3.8) is 0 Å². The van der Waals surface area contributed by atoms with E-state index in [0.717, 1.165) is 0 Å². The van der Waals surface area contributed by atoms with Crippen LogP contribution in [0, 0.1) is 5.21 Å². The number of quaternary nitrogens is 1. The number of nitrogens with one attached hydrogen (secondary N) is 2. The van der Waals surface area contributed by atoms with Crippen molar-refractivity contribution in [3.8, 4) is 5.75 Å². The van der Waals surface area contributed by atoms with Gasteiger partial charge < -0.3 is 25.1 Å². The summed E-state index contributed by atoms with van der Waals surface area (Å²) in [5.74, 6) is -1.32. The highest BCUT2D eigenvalue weighted by atomic mass is 16.8. The lowest BCUT2D eigenvalue weighted by Crippen LogP contribution is -2.99. The van der Waals surface area contributed by atoms with Gasteiger partial charge in [0, 0.05) is 6.07 Å². The molecule has 0 radical (unpaired) electrons. The van der Waals surface area contributed by atoms with Crippen LogP contribution in [-0.2, 0) is 9.53 Å². The van der Waals surface area contributed by atoms with E-state index in [-0.39, 0.29) is 11.4 Å². The van der Waals surface area contributed by atoms with Crippen molar-refractivity contribution in [2.45, 2.75) is 32.4 Å². The molecular weight excluding hydrogens is 308 g/mol. The second-order valence-corrected chi connectivity index (χ2v) is 5.65. The first-order valence-electron chi connectivity index (χ1n) is 6.77. The molecule has 23 heavy (non-hydrogen) atoms. The van der Waals surface area contributed by atoms with E-state index in [2.05, 4.69) is 5.32 Å². The summed E-state index contributed by atoms with van der Waals surface area (Å²) in [6, 6.07) is 4.42. The van der Waals surface area contributed by atoms with E-state index in [4.69, 9.17) is 19.8 Å². The lowest BCUT2D eigenvalue weighted by Gasteiger charge is -2.22. The topological polar surface area (TPSA) is 133 Å². The number of carboxylic acids is 1. The molecule has 0 saturated heterocycles. The number of ether oxygens (including phenoxy) is 2. The first-order valence-corrected chi connectivity index (χ1v) is 6.77. The molecule has 1 rings (SSSR count). The molecule has 1 unspecified atom stereocenters. The fraction of sp³-hybridized carbons (Fsp3) is 0.429. The van der Waals surface area contributed by atoms with E-state index < -0.39 is 35.5 Å². The van der Waals surface area contributed by atoms with Crippen molar-refractivity contribution in [2.75, 3.05) is 6.61 Å². The Morgan fingerprint density at radius 1 is 1.35 bits per heavy atom. The number of hydrogen-bond acceptors (Lipinski definition) is 6. The van der Waals surface area contributed by atoms with Gasteiger partial charge in [0.1, 0.15) is 12.2 Å². The van der Waals surface area contributed by atoms with Crippen molar-refractivity contribution >= 4 is 17.7 Å². The second-order valence-electron chi connectivity index (χ2n) is 5.65. The number of rotatable bonds is 6. The SMILES string of the molecule is CC(C)(C)OC(=O)N[C@@H](COc1ccccc1[NH+]([O-])O)C(=O)O. The highest BCUT2D eigenvalue weighted by Crippen LogP contribution is 2.19. The molecule has 1 aromatic rings. The number of aliphatic carboxylic acids is 1. The van der Waals surface area contributed by atoms with Gasteiger partial charge in [-0.2, -0.15) is 5.23 Å². The third kappa shape index (κ3) is 6.51. The van der Waals surface area contributed by atoms with E-state index in [1.165, 1.54) is 18.2 Å². The van der Waals surface area contributed by atoms with Crippen LogP contribution in [0.5, 0.6) is 5.75 Å².